The van der Waals surface area contributed by atoms with E-state index in [4.69, 9.17) is 29.7 Å². The molecule has 1 aromatic heterocycles. The zero-order chi connectivity index (χ0) is 21.4. The summed E-state index contributed by atoms with van der Waals surface area (Å²) in [4.78, 5) is 11.5. The van der Waals surface area contributed by atoms with Crippen LogP contribution in [-0.4, -0.2) is 45.0 Å². The van der Waals surface area contributed by atoms with Gasteiger partial charge in [0.2, 0.25) is 5.95 Å². The summed E-state index contributed by atoms with van der Waals surface area (Å²) in [6, 6.07) is 7.76. The van der Waals surface area contributed by atoms with Gasteiger partial charge >= 0.3 is 0 Å². The van der Waals surface area contributed by atoms with Crippen LogP contribution in [0.1, 0.15) is 24.1 Å². The van der Waals surface area contributed by atoms with Crippen molar-refractivity contribution >= 4 is 22.7 Å². The molecular formula is C22H26N4O4. The normalized spacial score (nSPS) is 15.6. The second-order valence-corrected chi connectivity index (χ2v) is 7.16. The average molecular weight is 410 g/mol. The standard InChI is InChI=1S/C22H26N4O4/c1-12-14-9-18(28-3)17(27-2)8-13(14)6-7-26(12)22-24-16-11-20(30-5)19(29-4)10-15(16)21(23)25-22/h8-12H,6-7H2,1-5H3,(H2,23,24,25). The number of nitrogens with two attached hydrogens (primary N) is 1. The van der Waals surface area contributed by atoms with Crippen LogP contribution < -0.4 is 29.6 Å². The highest BCUT2D eigenvalue weighted by Gasteiger charge is 2.28. The summed E-state index contributed by atoms with van der Waals surface area (Å²) in [5, 5.41) is 0.730. The summed E-state index contributed by atoms with van der Waals surface area (Å²) in [7, 11) is 6.48. The fraction of sp³-hybridized carbons (Fsp3) is 0.364. The van der Waals surface area contributed by atoms with Gasteiger partial charge in [-0.05, 0) is 42.7 Å². The number of hydrogen-bond acceptors (Lipinski definition) is 8. The van der Waals surface area contributed by atoms with E-state index in [1.54, 1.807) is 34.5 Å². The minimum absolute atomic E-state index is 0.0468. The molecule has 2 heterocycles. The maximum absolute atomic E-state index is 6.29. The zero-order valence-corrected chi connectivity index (χ0v) is 17.9. The molecule has 1 aliphatic heterocycles. The summed E-state index contributed by atoms with van der Waals surface area (Å²) < 4.78 is 21.7. The van der Waals surface area contributed by atoms with Crippen molar-refractivity contribution in [2.75, 3.05) is 45.6 Å². The molecule has 2 N–H and O–H groups in total. The summed E-state index contributed by atoms with van der Waals surface area (Å²) in [6.45, 7) is 2.89. The van der Waals surface area contributed by atoms with Crippen LogP contribution in [0.5, 0.6) is 23.0 Å². The second kappa shape index (κ2) is 7.78. The number of aromatic nitrogens is 2. The number of benzene rings is 2. The van der Waals surface area contributed by atoms with Gasteiger partial charge in [-0.25, -0.2) is 4.98 Å². The third kappa shape index (κ3) is 3.18. The predicted molar refractivity (Wildman–Crippen MR) is 116 cm³/mol. The van der Waals surface area contributed by atoms with Crippen molar-refractivity contribution in [3.63, 3.8) is 0 Å². The van der Waals surface area contributed by atoms with E-state index in [0.717, 1.165) is 29.7 Å². The SMILES string of the molecule is COc1cc2c(cc1OC)C(C)N(c1nc(N)c3cc(OC)c(OC)cc3n1)CC2. The lowest BCUT2D eigenvalue weighted by Crippen LogP contribution is -2.35. The first kappa shape index (κ1) is 19.9. The van der Waals surface area contributed by atoms with E-state index in [1.165, 1.54) is 5.56 Å². The highest BCUT2D eigenvalue weighted by atomic mass is 16.5. The predicted octanol–water partition coefficient (Wildman–Crippen LogP) is 3.37. The Labute approximate surface area is 175 Å². The van der Waals surface area contributed by atoms with Gasteiger partial charge < -0.3 is 29.6 Å². The third-order valence-corrected chi connectivity index (χ3v) is 5.66. The van der Waals surface area contributed by atoms with E-state index < -0.39 is 0 Å². The third-order valence-electron chi connectivity index (χ3n) is 5.66. The Morgan fingerprint density at radius 2 is 1.47 bits per heavy atom. The van der Waals surface area contributed by atoms with Gasteiger partial charge in [0.15, 0.2) is 23.0 Å². The van der Waals surface area contributed by atoms with E-state index in [9.17, 15) is 0 Å². The minimum Gasteiger partial charge on any atom is -0.493 e. The van der Waals surface area contributed by atoms with E-state index in [0.29, 0.717) is 34.5 Å². The quantitative estimate of drug-likeness (QED) is 0.685. The Bertz CT molecular complexity index is 1100. The highest BCUT2D eigenvalue weighted by Crippen LogP contribution is 2.40. The average Bonchev–Trinajstić information content (AvgIpc) is 2.77. The van der Waals surface area contributed by atoms with Gasteiger partial charge in [-0.1, -0.05) is 0 Å². The largest absolute Gasteiger partial charge is 0.493 e. The molecule has 0 radical (unpaired) electrons. The molecule has 1 aliphatic rings. The first-order valence-electron chi connectivity index (χ1n) is 9.71. The molecular weight excluding hydrogens is 384 g/mol. The summed E-state index contributed by atoms with van der Waals surface area (Å²) in [6.07, 6.45) is 0.841. The van der Waals surface area contributed by atoms with Crippen LogP contribution in [0.4, 0.5) is 11.8 Å². The Hall–Kier alpha value is -3.42. The van der Waals surface area contributed by atoms with Crippen LogP contribution in [0.3, 0.4) is 0 Å². The molecule has 1 unspecified atom stereocenters. The molecule has 4 rings (SSSR count). The fourth-order valence-electron chi connectivity index (χ4n) is 4.01. The van der Waals surface area contributed by atoms with Crippen LogP contribution in [-0.2, 0) is 6.42 Å². The Balaban J connectivity index is 1.77. The molecule has 0 amide bonds. The molecule has 0 fully saturated rings. The minimum atomic E-state index is 0.0468. The molecule has 0 aliphatic carbocycles. The Morgan fingerprint density at radius 1 is 0.867 bits per heavy atom. The van der Waals surface area contributed by atoms with Crippen LogP contribution in [0.2, 0.25) is 0 Å². The van der Waals surface area contributed by atoms with Gasteiger partial charge in [0.1, 0.15) is 5.82 Å². The molecule has 8 heteroatoms. The molecule has 3 aromatic rings. The van der Waals surface area contributed by atoms with Crippen molar-refractivity contribution in [1.82, 2.24) is 9.97 Å². The number of methoxy groups -OCH3 is 4. The summed E-state index contributed by atoms with van der Waals surface area (Å²) >= 11 is 0. The smallest absolute Gasteiger partial charge is 0.228 e. The van der Waals surface area contributed by atoms with Crippen molar-refractivity contribution in [2.24, 2.45) is 0 Å². The lowest BCUT2D eigenvalue weighted by Gasteiger charge is -2.36. The van der Waals surface area contributed by atoms with Crippen molar-refractivity contribution in [3.05, 3.63) is 35.4 Å². The van der Waals surface area contributed by atoms with Gasteiger partial charge in [-0.2, -0.15) is 4.98 Å². The van der Waals surface area contributed by atoms with E-state index in [-0.39, 0.29) is 6.04 Å². The molecule has 8 nitrogen and oxygen atoms in total. The van der Waals surface area contributed by atoms with Crippen LogP contribution in [0.15, 0.2) is 24.3 Å². The zero-order valence-electron chi connectivity index (χ0n) is 17.9. The van der Waals surface area contributed by atoms with E-state index >= 15 is 0 Å². The van der Waals surface area contributed by atoms with Crippen molar-refractivity contribution in [1.29, 1.82) is 0 Å². The molecule has 0 bridgehead atoms. The topological polar surface area (TPSA) is 92.0 Å². The maximum atomic E-state index is 6.29. The fourth-order valence-corrected chi connectivity index (χ4v) is 4.01. The van der Waals surface area contributed by atoms with Gasteiger partial charge in [-0.15, -0.1) is 0 Å². The number of hydrogen-bond donors (Lipinski definition) is 1. The van der Waals surface area contributed by atoms with Gasteiger partial charge in [0.25, 0.3) is 0 Å². The monoisotopic (exact) mass is 410 g/mol. The Kier molecular flexibility index (Phi) is 5.15. The molecule has 0 spiro atoms. The number of rotatable bonds is 5. The lowest BCUT2D eigenvalue weighted by atomic mass is 9.93. The first-order chi connectivity index (χ1) is 14.5. The number of ether oxygens (including phenoxy) is 4. The Morgan fingerprint density at radius 3 is 2.13 bits per heavy atom. The molecule has 30 heavy (non-hydrogen) atoms. The molecule has 1 atom stereocenters. The van der Waals surface area contributed by atoms with Crippen molar-refractivity contribution in [3.8, 4) is 23.0 Å². The van der Waals surface area contributed by atoms with E-state index in [2.05, 4.69) is 22.9 Å². The number of nitrogens with zero attached hydrogens (tertiary/aromatic N) is 3. The van der Waals surface area contributed by atoms with Crippen molar-refractivity contribution in [2.45, 2.75) is 19.4 Å². The first-order valence-corrected chi connectivity index (χ1v) is 9.71. The second-order valence-electron chi connectivity index (χ2n) is 7.16. The summed E-state index contributed by atoms with van der Waals surface area (Å²) in [5.74, 6) is 3.63. The van der Waals surface area contributed by atoms with Gasteiger partial charge in [-0.3, -0.25) is 0 Å². The highest BCUT2D eigenvalue weighted by molar-refractivity contribution is 5.91. The molecule has 0 saturated heterocycles. The molecule has 158 valence electrons. The lowest BCUT2D eigenvalue weighted by molar-refractivity contribution is 0.353. The van der Waals surface area contributed by atoms with Crippen LogP contribution in [0.25, 0.3) is 10.9 Å². The number of anilines is 2. The maximum Gasteiger partial charge on any atom is 0.228 e. The van der Waals surface area contributed by atoms with Gasteiger partial charge in [0.05, 0.1) is 40.0 Å². The molecule has 2 aromatic carbocycles. The van der Waals surface area contributed by atoms with E-state index in [1.807, 2.05) is 12.1 Å². The number of nitrogen functional groups attached to an aromatic ring is 1. The summed E-state index contributed by atoms with van der Waals surface area (Å²) in [5.41, 5.74) is 9.39. The number of fused-ring (bicyclic) bond motifs is 2. The van der Waals surface area contributed by atoms with Gasteiger partial charge in [0, 0.05) is 18.0 Å². The van der Waals surface area contributed by atoms with Crippen LogP contribution in [0, 0.1) is 0 Å². The van der Waals surface area contributed by atoms with Crippen molar-refractivity contribution < 1.29 is 18.9 Å². The van der Waals surface area contributed by atoms with Crippen LogP contribution >= 0.6 is 0 Å². The molecule has 0 saturated carbocycles.